The number of carbonyl (C=O) groups is 2. The SMILES string of the molecule is [2H]C([3H])OCc1ccc(C(=O)SCC(=O)NC)cc1. The van der Waals surface area contributed by atoms with Crippen LogP contribution in [-0.4, -0.2) is 30.9 Å². The molecule has 0 aliphatic rings. The number of hydrogen-bond donors (Lipinski definition) is 1. The van der Waals surface area contributed by atoms with Crippen molar-refractivity contribution < 1.29 is 17.1 Å². The van der Waals surface area contributed by atoms with Gasteiger partial charge in [0.2, 0.25) is 11.0 Å². The Balaban J connectivity index is 2.51. The van der Waals surface area contributed by atoms with Gasteiger partial charge in [0.15, 0.2) is 0 Å². The van der Waals surface area contributed by atoms with E-state index in [-0.39, 0.29) is 23.4 Å². The molecule has 0 saturated heterocycles. The Kier molecular flexibility index (Phi) is 4.50. The Hall–Kier alpha value is -1.33. The highest BCUT2D eigenvalue weighted by molar-refractivity contribution is 8.14. The van der Waals surface area contributed by atoms with Crippen LogP contribution in [0.2, 0.25) is 0 Å². The van der Waals surface area contributed by atoms with Crippen molar-refractivity contribution in [1.82, 2.24) is 5.32 Å². The molecule has 0 heterocycles. The number of rotatable bonds is 5. The summed E-state index contributed by atoms with van der Waals surface area (Å²) in [7, 11) is 0.207. The van der Waals surface area contributed by atoms with Crippen LogP contribution in [0.15, 0.2) is 24.3 Å². The molecule has 5 heteroatoms. The zero-order valence-electron chi connectivity index (χ0n) is 11.4. The van der Waals surface area contributed by atoms with Crippen molar-refractivity contribution in [2.75, 3.05) is 19.9 Å². The third-order valence-corrected chi connectivity index (χ3v) is 2.96. The summed E-state index contributed by atoms with van der Waals surface area (Å²) < 4.78 is 18.6. The van der Waals surface area contributed by atoms with Crippen LogP contribution in [0.5, 0.6) is 0 Å². The topological polar surface area (TPSA) is 55.4 Å². The van der Waals surface area contributed by atoms with Gasteiger partial charge in [-0.2, -0.15) is 0 Å². The van der Waals surface area contributed by atoms with Gasteiger partial charge >= 0.3 is 0 Å². The molecule has 0 saturated carbocycles. The van der Waals surface area contributed by atoms with Crippen LogP contribution in [0.4, 0.5) is 0 Å². The van der Waals surface area contributed by atoms with E-state index in [1.165, 1.54) is 7.05 Å². The van der Waals surface area contributed by atoms with Gasteiger partial charge < -0.3 is 10.1 Å². The van der Waals surface area contributed by atoms with Crippen molar-refractivity contribution in [3.05, 3.63) is 35.4 Å². The number of carbonyl (C=O) groups excluding carboxylic acids is 2. The van der Waals surface area contributed by atoms with Crippen LogP contribution in [0.1, 0.15) is 18.7 Å². The molecule has 1 N–H and O–H groups in total. The van der Waals surface area contributed by atoms with E-state index in [2.05, 4.69) is 5.32 Å². The van der Waals surface area contributed by atoms with Crippen molar-refractivity contribution in [3.8, 4) is 0 Å². The second-order valence-electron chi connectivity index (χ2n) is 3.26. The Labute approximate surface area is 108 Å². The zero-order valence-corrected chi connectivity index (χ0v) is 10.3. The molecule has 0 aliphatic carbocycles. The van der Waals surface area contributed by atoms with Gasteiger partial charge in [-0.15, -0.1) is 0 Å². The molecule has 1 rings (SSSR count). The quantitative estimate of drug-likeness (QED) is 0.866. The number of nitrogens with one attached hydrogen (secondary N) is 1. The summed E-state index contributed by atoms with van der Waals surface area (Å²) >= 11 is 0.944. The fourth-order valence-corrected chi connectivity index (χ4v) is 1.83. The second-order valence-corrected chi connectivity index (χ2v) is 4.21. The summed E-state index contributed by atoms with van der Waals surface area (Å²) in [6, 6.07) is 6.69. The summed E-state index contributed by atoms with van der Waals surface area (Å²) in [5, 5.41) is 2.27. The van der Waals surface area contributed by atoms with E-state index in [0.717, 1.165) is 17.3 Å². The minimum atomic E-state index is -1.32. The molecule has 0 aliphatic heterocycles. The summed E-state index contributed by atoms with van der Waals surface area (Å²) in [6.07, 6.45) is 0. The number of hydrogen-bond acceptors (Lipinski definition) is 4. The van der Waals surface area contributed by atoms with E-state index in [9.17, 15) is 9.59 Å². The van der Waals surface area contributed by atoms with Gasteiger partial charge in [-0.1, -0.05) is 36.0 Å². The summed E-state index contributed by atoms with van der Waals surface area (Å²) in [6.45, 7) is 0.164. The van der Waals surface area contributed by atoms with Crippen molar-refractivity contribution in [3.63, 3.8) is 0 Å². The minimum Gasteiger partial charge on any atom is -0.380 e. The predicted octanol–water partition coefficient (Wildman–Crippen LogP) is 1.45. The monoisotopic (exact) mass is 256 g/mol. The van der Waals surface area contributed by atoms with Crippen molar-refractivity contribution in [1.29, 1.82) is 0 Å². The fraction of sp³-hybridized carbons (Fsp3) is 0.333. The average molecular weight is 256 g/mol. The molecular weight excluding hydrogens is 238 g/mol. The lowest BCUT2D eigenvalue weighted by Gasteiger charge is -2.02. The maximum Gasteiger partial charge on any atom is 0.230 e. The summed E-state index contributed by atoms with van der Waals surface area (Å²) in [5.74, 6) is -0.0974. The summed E-state index contributed by atoms with van der Waals surface area (Å²) in [4.78, 5) is 22.7. The molecule has 0 aromatic heterocycles. The van der Waals surface area contributed by atoms with E-state index in [1.807, 2.05) is 0 Å². The molecule has 17 heavy (non-hydrogen) atoms. The first kappa shape index (κ1) is 10.8. The first-order valence-electron chi connectivity index (χ1n) is 6.11. The van der Waals surface area contributed by atoms with E-state index in [1.54, 1.807) is 24.3 Å². The first-order chi connectivity index (χ1) is 9.02. The molecule has 1 aromatic rings. The number of methoxy groups -OCH3 is 1. The Morgan fingerprint density at radius 1 is 1.53 bits per heavy atom. The van der Waals surface area contributed by atoms with Crippen molar-refractivity contribution in [2.24, 2.45) is 0 Å². The van der Waals surface area contributed by atoms with Crippen molar-refractivity contribution >= 4 is 22.8 Å². The average Bonchev–Trinajstić information content (AvgIpc) is 2.42. The lowest BCUT2D eigenvalue weighted by molar-refractivity contribution is -0.118. The number of ether oxygens (including phenoxy) is 1. The van der Waals surface area contributed by atoms with Gasteiger partial charge in [0.25, 0.3) is 0 Å². The maximum absolute atomic E-state index is 11.7. The third-order valence-electron chi connectivity index (χ3n) is 2.05. The molecule has 1 unspecified atom stereocenters. The predicted molar refractivity (Wildman–Crippen MR) is 68.0 cm³/mol. The maximum atomic E-state index is 11.7. The lowest BCUT2D eigenvalue weighted by atomic mass is 10.1. The van der Waals surface area contributed by atoms with Gasteiger partial charge in [0.1, 0.15) is 0 Å². The molecule has 1 aromatic carbocycles. The highest BCUT2D eigenvalue weighted by atomic mass is 32.2. The first-order valence-corrected chi connectivity index (χ1v) is 5.94. The largest absolute Gasteiger partial charge is 0.380 e. The van der Waals surface area contributed by atoms with Crippen LogP contribution in [0.25, 0.3) is 0 Å². The molecule has 0 fully saturated rings. The van der Waals surface area contributed by atoms with E-state index < -0.39 is 7.06 Å². The highest BCUT2D eigenvalue weighted by Gasteiger charge is 2.08. The number of benzene rings is 1. The molecule has 1 amide bonds. The minimum absolute atomic E-state index is 0.0968. The molecular formula is C12H15NO3S. The Morgan fingerprint density at radius 2 is 2.24 bits per heavy atom. The van der Waals surface area contributed by atoms with Gasteiger partial charge in [-0.05, 0) is 5.56 Å². The van der Waals surface area contributed by atoms with Gasteiger partial charge in [-0.3, -0.25) is 9.59 Å². The molecule has 0 spiro atoms. The molecule has 4 nitrogen and oxygen atoms in total. The zero-order chi connectivity index (χ0) is 14.3. The third kappa shape index (κ3) is 4.58. The molecule has 0 radical (unpaired) electrons. The summed E-state index contributed by atoms with van der Waals surface area (Å²) in [5.41, 5.74) is 1.29. The van der Waals surface area contributed by atoms with E-state index in [4.69, 9.17) is 7.48 Å². The van der Waals surface area contributed by atoms with Crippen LogP contribution in [-0.2, 0) is 16.1 Å². The van der Waals surface area contributed by atoms with Crippen LogP contribution < -0.4 is 5.32 Å². The van der Waals surface area contributed by atoms with Gasteiger partial charge in [0.05, 0.1) is 15.1 Å². The Bertz CT molecular complexity index is 437. The standard InChI is InChI=1S/C12H15NO3S/c1-13-11(14)8-17-12(15)10-5-3-9(4-6-10)7-16-2/h3-6H,7-8H2,1-2H3,(H,13,14)/i2TD. The highest BCUT2D eigenvalue weighted by Crippen LogP contribution is 2.13. The molecule has 1 atom stereocenters. The van der Waals surface area contributed by atoms with E-state index >= 15 is 0 Å². The van der Waals surface area contributed by atoms with Gasteiger partial charge in [0, 0.05) is 19.7 Å². The smallest absolute Gasteiger partial charge is 0.230 e. The van der Waals surface area contributed by atoms with Gasteiger partial charge in [-0.25, -0.2) is 0 Å². The van der Waals surface area contributed by atoms with Crippen LogP contribution in [0.3, 0.4) is 0 Å². The number of amides is 1. The van der Waals surface area contributed by atoms with Crippen LogP contribution in [0, 0.1) is 0 Å². The van der Waals surface area contributed by atoms with Crippen molar-refractivity contribution in [2.45, 2.75) is 6.61 Å². The lowest BCUT2D eigenvalue weighted by Crippen LogP contribution is -2.20. The second kappa shape index (κ2) is 7.09. The normalized spacial score (nSPS) is 13.5. The number of thioether (sulfide) groups is 1. The Morgan fingerprint density at radius 3 is 2.82 bits per heavy atom. The molecule has 92 valence electrons. The fourth-order valence-electron chi connectivity index (χ4n) is 1.12. The van der Waals surface area contributed by atoms with Crippen LogP contribution >= 0.6 is 11.8 Å². The molecule has 0 bridgehead atoms. The van der Waals surface area contributed by atoms with E-state index in [0.29, 0.717) is 5.56 Å².